The van der Waals surface area contributed by atoms with Crippen molar-refractivity contribution in [3.63, 3.8) is 0 Å². The van der Waals surface area contributed by atoms with Gasteiger partial charge in [0.15, 0.2) is 0 Å². The maximum absolute atomic E-state index is 13.2. The normalized spacial score (nSPS) is 19.4. The summed E-state index contributed by atoms with van der Waals surface area (Å²) in [6.07, 6.45) is 6.80. The van der Waals surface area contributed by atoms with Gasteiger partial charge in [-0.1, -0.05) is 6.07 Å². The zero-order valence-electron chi connectivity index (χ0n) is 21.7. The fraction of sp³-hybridized carbons (Fsp3) is 0.556. The van der Waals surface area contributed by atoms with Gasteiger partial charge in [0, 0.05) is 36.6 Å². The van der Waals surface area contributed by atoms with Crippen LogP contribution in [0.1, 0.15) is 64.8 Å². The number of aryl methyl sites for hydroxylation is 3. The largest absolute Gasteiger partial charge is 0.481 e. The highest BCUT2D eigenvalue weighted by Gasteiger charge is 2.42. The van der Waals surface area contributed by atoms with Gasteiger partial charge < -0.3 is 25.1 Å². The van der Waals surface area contributed by atoms with Crippen molar-refractivity contribution < 1.29 is 29.4 Å². The van der Waals surface area contributed by atoms with Crippen LogP contribution in [-0.2, 0) is 22.5 Å². The second-order valence-corrected chi connectivity index (χ2v) is 9.93. The number of ether oxygens (including phenoxy) is 1. The van der Waals surface area contributed by atoms with E-state index < -0.39 is 18.0 Å². The average Bonchev–Trinajstić information content (AvgIpc) is 2.85. The number of methoxy groups -OCH3 is 1. The summed E-state index contributed by atoms with van der Waals surface area (Å²) in [7, 11) is 1.47. The molecule has 0 saturated heterocycles. The highest BCUT2D eigenvalue weighted by Crippen LogP contribution is 2.37. The fourth-order valence-electron chi connectivity index (χ4n) is 5.26. The summed E-state index contributed by atoms with van der Waals surface area (Å²) < 4.78 is 5.24. The number of pyridine rings is 2. The molecule has 3 N–H and O–H groups in total. The van der Waals surface area contributed by atoms with E-state index in [2.05, 4.69) is 22.4 Å². The van der Waals surface area contributed by atoms with Crippen molar-refractivity contribution in [1.82, 2.24) is 15.0 Å². The summed E-state index contributed by atoms with van der Waals surface area (Å²) in [6, 6.07) is 2.85. The van der Waals surface area contributed by atoms with Gasteiger partial charge in [0.2, 0.25) is 5.88 Å². The number of aliphatic carboxylic acids is 1. The lowest BCUT2D eigenvalue weighted by Crippen LogP contribution is -2.53. The number of carbonyl (C=O) groups is 2. The molecule has 0 aromatic carbocycles. The first kappa shape index (κ1) is 26.8. The number of carboxylic acids is 1. The van der Waals surface area contributed by atoms with Crippen molar-refractivity contribution >= 4 is 17.8 Å². The molecule has 37 heavy (non-hydrogen) atoms. The summed E-state index contributed by atoms with van der Waals surface area (Å²) in [5, 5.41) is 24.0. The summed E-state index contributed by atoms with van der Waals surface area (Å²) in [5.41, 5.74) is 3.74. The summed E-state index contributed by atoms with van der Waals surface area (Å²) in [4.78, 5) is 40.0. The van der Waals surface area contributed by atoms with Crippen LogP contribution in [0.5, 0.6) is 5.88 Å². The third-order valence-electron chi connectivity index (χ3n) is 7.38. The third-order valence-corrected chi connectivity index (χ3v) is 7.38. The van der Waals surface area contributed by atoms with Crippen LogP contribution in [0.25, 0.3) is 0 Å². The highest BCUT2D eigenvalue weighted by molar-refractivity contribution is 5.93. The lowest BCUT2D eigenvalue weighted by molar-refractivity contribution is -0.204. The Kier molecular flexibility index (Phi) is 8.60. The minimum atomic E-state index is -1.14. The van der Waals surface area contributed by atoms with Crippen molar-refractivity contribution in [1.29, 1.82) is 0 Å². The number of carboxylic acid groups (broad SMARTS) is 1. The van der Waals surface area contributed by atoms with Crippen LogP contribution in [-0.4, -0.2) is 69.5 Å². The molecule has 0 amide bonds. The maximum Gasteiger partial charge on any atom is 0.357 e. The van der Waals surface area contributed by atoms with Gasteiger partial charge in [-0.2, -0.15) is 0 Å². The molecule has 2 aromatic heterocycles. The second-order valence-electron chi connectivity index (χ2n) is 9.93. The molecule has 4 rings (SSSR count). The first-order valence-electron chi connectivity index (χ1n) is 12.9. The molecule has 0 bridgehead atoms. The number of aliphatic hydroxyl groups is 1. The second kappa shape index (κ2) is 11.9. The first-order valence-corrected chi connectivity index (χ1v) is 12.9. The number of hydrogen-bond donors (Lipinski definition) is 3. The number of carbonyl (C=O) groups excluding carboxylic acids is 1. The van der Waals surface area contributed by atoms with Gasteiger partial charge in [0.25, 0.3) is 0 Å². The smallest absolute Gasteiger partial charge is 0.357 e. The predicted molar refractivity (Wildman–Crippen MR) is 137 cm³/mol. The lowest BCUT2D eigenvalue weighted by atomic mass is 9.76. The van der Waals surface area contributed by atoms with Crippen molar-refractivity contribution in [3.05, 3.63) is 46.3 Å². The summed E-state index contributed by atoms with van der Waals surface area (Å²) in [6.45, 7) is 4.07. The van der Waals surface area contributed by atoms with Gasteiger partial charge in [0.05, 0.1) is 12.7 Å². The van der Waals surface area contributed by atoms with Gasteiger partial charge in [0.1, 0.15) is 11.9 Å². The van der Waals surface area contributed by atoms with Crippen molar-refractivity contribution in [3.8, 4) is 5.88 Å². The number of aromatic nitrogens is 2. The van der Waals surface area contributed by atoms with Crippen LogP contribution in [0, 0.1) is 19.8 Å². The lowest BCUT2D eigenvalue weighted by Gasteiger charge is -2.43. The standard InChI is InChI=1S/C27H36N4O6/c1-16-15-29-25(36-3)17(2)23(16)27(35)37-31(22(10-12-32)26(33)34)21-13-18(14-21)6-8-20-9-7-19-5-4-11-28-24(19)30-20/h7,9,15,18,21-22,32H,4-6,8,10-14H2,1-3H3,(H,28,30)(H,33,34)/t18?,21?,22-/m0/s1. The zero-order valence-corrected chi connectivity index (χ0v) is 21.7. The number of rotatable bonds is 11. The quantitative estimate of drug-likeness (QED) is 0.386. The Morgan fingerprint density at radius 2 is 2.05 bits per heavy atom. The number of nitrogens with zero attached hydrogens (tertiary/aromatic N) is 3. The Morgan fingerprint density at radius 3 is 2.76 bits per heavy atom. The molecule has 2 aliphatic rings. The van der Waals surface area contributed by atoms with Crippen LogP contribution < -0.4 is 10.1 Å². The van der Waals surface area contributed by atoms with Crippen molar-refractivity contribution in [2.45, 2.75) is 70.9 Å². The van der Waals surface area contributed by atoms with E-state index in [0.717, 1.165) is 43.7 Å². The molecular formula is C27H36N4O6. The Balaban J connectivity index is 1.43. The van der Waals surface area contributed by atoms with E-state index in [4.69, 9.17) is 14.6 Å². The fourth-order valence-corrected chi connectivity index (χ4v) is 5.26. The molecule has 1 aliphatic heterocycles. The highest BCUT2D eigenvalue weighted by atomic mass is 16.7. The van der Waals surface area contributed by atoms with Gasteiger partial charge in [-0.05, 0) is 81.9 Å². The first-order chi connectivity index (χ1) is 17.8. The summed E-state index contributed by atoms with van der Waals surface area (Å²) in [5.74, 6) is -0.139. The molecule has 1 fully saturated rings. The SMILES string of the molecule is COc1ncc(C)c(C(=O)ON(C2CC(CCc3ccc4c(n3)NCCC4)C2)[C@@H](CCO)C(=O)O)c1C. The molecular weight excluding hydrogens is 476 g/mol. The Morgan fingerprint density at radius 1 is 1.27 bits per heavy atom. The van der Waals surface area contributed by atoms with Crippen LogP contribution in [0.15, 0.2) is 18.3 Å². The topological polar surface area (TPSA) is 134 Å². The Labute approximate surface area is 217 Å². The van der Waals surface area contributed by atoms with E-state index in [0.29, 0.717) is 41.3 Å². The van der Waals surface area contributed by atoms with E-state index in [-0.39, 0.29) is 19.1 Å². The number of hydrogen-bond acceptors (Lipinski definition) is 9. The Hall–Kier alpha value is -3.24. The van der Waals surface area contributed by atoms with Gasteiger partial charge in [-0.15, -0.1) is 5.06 Å². The van der Waals surface area contributed by atoms with E-state index in [1.165, 1.54) is 23.9 Å². The number of aliphatic hydroxyl groups excluding tert-OH is 1. The average molecular weight is 513 g/mol. The van der Waals surface area contributed by atoms with Crippen LogP contribution in [0.3, 0.4) is 0 Å². The van der Waals surface area contributed by atoms with Crippen molar-refractivity contribution in [2.75, 3.05) is 25.6 Å². The van der Waals surface area contributed by atoms with E-state index in [9.17, 15) is 19.8 Å². The molecule has 3 heterocycles. The summed E-state index contributed by atoms with van der Waals surface area (Å²) >= 11 is 0. The third kappa shape index (κ3) is 6.02. The zero-order chi connectivity index (χ0) is 26.5. The van der Waals surface area contributed by atoms with E-state index in [1.54, 1.807) is 13.8 Å². The number of fused-ring (bicyclic) bond motifs is 1. The Bertz CT molecular complexity index is 1130. The van der Waals surface area contributed by atoms with Crippen molar-refractivity contribution in [2.24, 2.45) is 5.92 Å². The van der Waals surface area contributed by atoms with Crippen LogP contribution in [0.4, 0.5) is 5.82 Å². The van der Waals surface area contributed by atoms with Gasteiger partial charge in [-0.25, -0.2) is 14.8 Å². The molecule has 2 aromatic rings. The number of anilines is 1. The molecule has 1 atom stereocenters. The van der Waals surface area contributed by atoms with E-state index >= 15 is 0 Å². The molecule has 0 unspecified atom stereocenters. The maximum atomic E-state index is 13.2. The molecule has 200 valence electrons. The minimum absolute atomic E-state index is 0.0482. The minimum Gasteiger partial charge on any atom is -0.481 e. The van der Waals surface area contributed by atoms with Crippen LogP contribution in [0.2, 0.25) is 0 Å². The van der Waals surface area contributed by atoms with Gasteiger partial charge >= 0.3 is 11.9 Å². The molecule has 10 nitrogen and oxygen atoms in total. The van der Waals surface area contributed by atoms with Gasteiger partial charge in [-0.3, -0.25) is 4.79 Å². The van der Waals surface area contributed by atoms with Crippen LogP contribution >= 0.6 is 0 Å². The molecule has 0 spiro atoms. The van der Waals surface area contributed by atoms with E-state index in [1.807, 2.05) is 0 Å². The predicted octanol–water partition coefficient (Wildman–Crippen LogP) is 3.08. The molecule has 0 radical (unpaired) electrons. The number of nitrogens with one attached hydrogen (secondary N) is 1. The molecule has 1 saturated carbocycles. The molecule has 10 heteroatoms. The monoisotopic (exact) mass is 512 g/mol. The number of hydroxylamine groups is 2. The molecule has 1 aliphatic carbocycles.